The molecule has 0 bridgehead atoms. The smallest absolute Gasteiger partial charge is 0.461 e. The number of unbranched alkanes of at least 4 members (excludes halogenated alkanes) is 9. The van der Waals surface area contributed by atoms with Gasteiger partial charge in [0.05, 0.1) is 26.2 Å². The number of esters is 2. The molecule has 0 saturated heterocycles. The van der Waals surface area contributed by atoms with E-state index in [1.165, 1.54) is 6.42 Å². The summed E-state index contributed by atoms with van der Waals surface area (Å²) in [5, 5.41) is 18.0. The van der Waals surface area contributed by atoms with Crippen molar-refractivity contribution in [3.63, 3.8) is 0 Å². The summed E-state index contributed by atoms with van der Waals surface area (Å²) >= 11 is 0. The molecule has 0 aliphatic rings. The van der Waals surface area contributed by atoms with Crippen LogP contribution in [0.25, 0.3) is 0 Å². The van der Waals surface area contributed by atoms with E-state index in [9.17, 15) is 24.2 Å². The minimum Gasteiger partial charge on any atom is -0.461 e. The zero-order valence-electron chi connectivity index (χ0n) is 22.0. The number of carbonyl (C=O) groups excluding carboxylic acids is 2. The minimum absolute atomic E-state index is 0. The third-order valence-electron chi connectivity index (χ3n) is 5.20. The number of carbonyl (C=O) groups is 2. The molecule has 10 nitrogen and oxygen atoms in total. The molecule has 0 aromatic rings. The number of aliphatic hydroxyl groups is 2. The molecule has 3 atom stereocenters. The predicted octanol–water partition coefficient (Wildman–Crippen LogP) is 5.23. The average Bonchev–Trinajstić information content (AvgIpc) is 2.85. The lowest BCUT2D eigenvalue weighted by Gasteiger charge is -2.20. The summed E-state index contributed by atoms with van der Waals surface area (Å²) in [5.41, 5.74) is 0. The maximum Gasteiger partial charge on any atom is 0.472 e. The number of phosphoric acid groups is 1. The van der Waals surface area contributed by atoms with Crippen LogP contribution < -0.4 is 0 Å². The van der Waals surface area contributed by atoms with Crippen LogP contribution in [-0.2, 0) is 32.7 Å². The molecular formula is C26H51O10P. The second-order valence-corrected chi connectivity index (χ2v) is 10.2. The molecular weight excluding hydrogens is 503 g/mol. The van der Waals surface area contributed by atoms with Crippen molar-refractivity contribution in [3.8, 4) is 0 Å². The van der Waals surface area contributed by atoms with Crippen LogP contribution in [0, 0.1) is 0 Å². The maximum atomic E-state index is 12.2. The summed E-state index contributed by atoms with van der Waals surface area (Å²) in [4.78, 5) is 34.0. The topological polar surface area (TPSA) is 149 Å². The van der Waals surface area contributed by atoms with Gasteiger partial charge in [0.25, 0.3) is 0 Å². The van der Waals surface area contributed by atoms with Crippen molar-refractivity contribution in [1.82, 2.24) is 0 Å². The van der Waals surface area contributed by atoms with Crippen LogP contribution in [0.1, 0.15) is 105 Å². The normalized spacial score (nSPS) is 14.5. The fourth-order valence-corrected chi connectivity index (χ4v) is 3.88. The quantitative estimate of drug-likeness (QED) is 0.0626. The molecule has 0 aromatic heterocycles. The van der Waals surface area contributed by atoms with Crippen molar-refractivity contribution in [2.45, 2.75) is 117 Å². The molecule has 0 heterocycles. The Hall–Kier alpha value is -1.29. The third-order valence-corrected chi connectivity index (χ3v) is 6.15. The van der Waals surface area contributed by atoms with Gasteiger partial charge in [-0.05, 0) is 19.3 Å². The first-order valence-corrected chi connectivity index (χ1v) is 14.6. The largest absolute Gasteiger partial charge is 0.472 e. The van der Waals surface area contributed by atoms with Crippen LogP contribution in [0.3, 0.4) is 0 Å². The fourth-order valence-electron chi connectivity index (χ4n) is 3.09. The standard InChI is InChI=1S/C25H47O10P.CH4/c1-3-5-7-9-11-13-14-16-24(28)32-20-23(21-34-36(30,31)33-19-22(27)18-26)35-25(29)17-15-12-10-8-6-4-2;/h13-14,22-23,26-27H,3-12,15-21H2,1-2H3,(H,30,31);1H4/b14-13-;/t22-,23+;/m0./s1. The van der Waals surface area contributed by atoms with Gasteiger partial charge in [-0.2, -0.15) is 0 Å². The highest BCUT2D eigenvalue weighted by Gasteiger charge is 2.27. The van der Waals surface area contributed by atoms with Gasteiger partial charge in [0.15, 0.2) is 6.10 Å². The lowest BCUT2D eigenvalue weighted by atomic mass is 10.1. The molecule has 0 amide bonds. The van der Waals surface area contributed by atoms with E-state index >= 15 is 0 Å². The average molecular weight is 555 g/mol. The fraction of sp³-hybridized carbons (Fsp3) is 0.846. The van der Waals surface area contributed by atoms with Crippen molar-refractivity contribution in [2.24, 2.45) is 0 Å². The van der Waals surface area contributed by atoms with Gasteiger partial charge in [0.1, 0.15) is 12.7 Å². The Morgan fingerprint density at radius 2 is 1.43 bits per heavy atom. The zero-order chi connectivity index (χ0) is 27.1. The summed E-state index contributed by atoms with van der Waals surface area (Å²) in [6.07, 6.45) is 12.9. The van der Waals surface area contributed by atoms with Crippen LogP contribution in [0.15, 0.2) is 12.2 Å². The highest BCUT2D eigenvalue weighted by Crippen LogP contribution is 2.43. The van der Waals surface area contributed by atoms with Crippen LogP contribution in [0.2, 0.25) is 0 Å². The first-order chi connectivity index (χ1) is 17.2. The lowest BCUT2D eigenvalue weighted by molar-refractivity contribution is -0.160. The van der Waals surface area contributed by atoms with Crippen molar-refractivity contribution >= 4 is 19.8 Å². The van der Waals surface area contributed by atoms with Gasteiger partial charge >= 0.3 is 19.8 Å². The Labute approximate surface area is 223 Å². The number of rotatable bonds is 24. The van der Waals surface area contributed by atoms with E-state index < -0.39 is 51.8 Å². The molecule has 37 heavy (non-hydrogen) atoms. The van der Waals surface area contributed by atoms with Crippen molar-refractivity contribution in [1.29, 1.82) is 0 Å². The predicted molar refractivity (Wildman–Crippen MR) is 143 cm³/mol. The molecule has 0 aliphatic carbocycles. The molecule has 0 aromatic carbocycles. The number of phosphoric ester groups is 1. The molecule has 3 N–H and O–H groups in total. The number of aliphatic hydroxyl groups excluding tert-OH is 2. The van der Waals surface area contributed by atoms with E-state index in [2.05, 4.69) is 18.4 Å². The van der Waals surface area contributed by atoms with E-state index in [0.29, 0.717) is 6.42 Å². The minimum atomic E-state index is -4.59. The van der Waals surface area contributed by atoms with Gasteiger partial charge in [-0.15, -0.1) is 0 Å². The summed E-state index contributed by atoms with van der Waals surface area (Å²) in [6, 6.07) is 0. The number of hydrogen-bond donors (Lipinski definition) is 3. The summed E-state index contributed by atoms with van der Waals surface area (Å²) in [6.45, 7) is 2.11. The van der Waals surface area contributed by atoms with E-state index in [1.807, 2.05) is 6.08 Å². The van der Waals surface area contributed by atoms with Gasteiger partial charge in [-0.1, -0.05) is 84.8 Å². The van der Waals surface area contributed by atoms with Gasteiger partial charge in [-0.3, -0.25) is 18.6 Å². The van der Waals surface area contributed by atoms with Crippen molar-refractivity contribution in [2.75, 3.05) is 26.4 Å². The zero-order valence-corrected chi connectivity index (χ0v) is 22.9. The van der Waals surface area contributed by atoms with Gasteiger partial charge in [0, 0.05) is 6.42 Å². The van der Waals surface area contributed by atoms with Crippen molar-refractivity contribution in [3.05, 3.63) is 12.2 Å². The van der Waals surface area contributed by atoms with Crippen LogP contribution in [0.5, 0.6) is 0 Å². The SMILES string of the molecule is C.CCCCCC/C=C\CC(=O)OC[C@H](COP(=O)(O)OC[C@@H](O)CO)OC(=O)CCCCCCCC. The molecule has 0 radical (unpaired) electrons. The summed E-state index contributed by atoms with van der Waals surface area (Å²) < 4.78 is 31.9. The van der Waals surface area contributed by atoms with E-state index in [4.69, 9.17) is 19.1 Å². The Bertz CT molecular complexity index is 641. The Morgan fingerprint density at radius 3 is 2.08 bits per heavy atom. The van der Waals surface area contributed by atoms with Crippen LogP contribution >= 0.6 is 7.82 Å². The van der Waals surface area contributed by atoms with Gasteiger partial charge in [0.2, 0.25) is 0 Å². The molecule has 220 valence electrons. The second kappa shape index (κ2) is 25.0. The molecule has 0 rings (SSSR count). The Morgan fingerprint density at radius 1 is 0.838 bits per heavy atom. The highest BCUT2D eigenvalue weighted by atomic mass is 31.2. The Balaban J connectivity index is 0. The maximum absolute atomic E-state index is 12.2. The lowest BCUT2D eigenvalue weighted by Crippen LogP contribution is -2.29. The molecule has 0 spiro atoms. The van der Waals surface area contributed by atoms with Crippen LogP contribution in [-0.4, -0.2) is 65.7 Å². The summed E-state index contributed by atoms with van der Waals surface area (Å²) in [7, 11) is -4.59. The number of ether oxygens (including phenoxy) is 2. The molecule has 0 saturated carbocycles. The van der Waals surface area contributed by atoms with Gasteiger partial charge < -0.3 is 24.6 Å². The number of allylic oxidation sites excluding steroid dienone is 1. The monoisotopic (exact) mass is 554 g/mol. The second-order valence-electron chi connectivity index (χ2n) is 8.73. The molecule has 0 aliphatic heterocycles. The Kier molecular flexibility index (Phi) is 25.6. The third kappa shape index (κ3) is 24.8. The molecule has 0 fully saturated rings. The van der Waals surface area contributed by atoms with E-state index in [-0.39, 0.29) is 26.9 Å². The molecule has 1 unspecified atom stereocenters. The first-order valence-electron chi connectivity index (χ1n) is 13.1. The first kappa shape index (κ1) is 37.9. The molecule has 11 heteroatoms. The van der Waals surface area contributed by atoms with E-state index in [1.54, 1.807) is 6.08 Å². The number of hydrogen-bond acceptors (Lipinski definition) is 9. The highest BCUT2D eigenvalue weighted by molar-refractivity contribution is 7.47. The van der Waals surface area contributed by atoms with Gasteiger partial charge in [-0.25, -0.2) is 4.57 Å². The van der Waals surface area contributed by atoms with Crippen LogP contribution in [0.4, 0.5) is 0 Å². The van der Waals surface area contributed by atoms with E-state index in [0.717, 1.165) is 57.8 Å². The van der Waals surface area contributed by atoms with Crippen molar-refractivity contribution < 1.29 is 47.8 Å². The summed E-state index contributed by atoms with van der Waals surface area (Å²) in [5.74, 6) is -1.04.